The maximum atomic E-state index is 12.2. The number of aryl methyl sites for hydroxylation is 1. The number of halogens is 2. The van der Waals surface area contributed by atoms with Crippen LogP contribution in [0.3, 0.4) is 0 Å². The number of amides is 1. The van der Waals surface area contributed by atoms with Crippen molar-refractivity contribution in [2.75, 3.05) is 39.3 Å². The minimum absolute atomic E-state index is 0.0118. The van der Waals surface area contributed by atoms with Gasteiger partial charge in [0.1, 0.15) is 0 Å². The summed E-state index contributed by atoms with van der Waals surface area (Å²) >= 11 is 12.1. The van der Waals surface area contributed by atoms with Crippen LogP contribution < -0.4 is 5.32 Å². The van der Waals surface area contributed by atoms with Gasteiger partial charge in [-0.25, -0.2) is 0 Å². The molecule has 4 nitrogen and oxygen atoms in total. The van der Waals surface area contributed by atoms with Crippen LogP contribution >= 0.6 is 23.2 Å². The molecule has 0 bridgehead atoms. The number of piperazine rings is 1. The Kier molecular flexibility index (Phi) is 8.58. The van der Waals surface area contributed by atoms with Gasteiger partial charge >= 0.3 is 0 Å². The lowest BCUT2D eigenvalue weighted by molar-refractivity contribution is 0.0943. The first-order valence-corrected chi connectivity index (χ1v) is 11.4. The second kappa shape index (κ2) is 11.1. The van der Waals surface area contributed by atoms with Crippen molar-refractivity contribution in [3.63, 3.8) is 0 Å². The molecule has 1 fully saturated rings. The van der Waals surface area contributed by atoms with Crippen molar-refractivity contribution in [3.8, 4) is 0 Å². The zero-order chi connectivity index (χ0) is 21.5. The molecule has 162 valence electrons. The van der Waals surface area contributed by atoms with E-state index in [2.05, 4.69) is 22.0 Å². The fraction of sp³-hybridized carbons (Fsp3) is 0.458. The maximum Gasteiger partial charge on any atom is 0.251 e. The number of nitrogens with one attached hydrogen (secondary N) is 1. The third-order valence-electron chi connectivity index (χ3n) is 5.72. The van der Waals surface area contributed by atoms with Gasteiger partial charge in [-0.15, -0.1) is 0 Å². The van der Waals surface area contributed by atoms with Crippen LogP contribution in [0.4, 0.5) is 0 Å². The highest BCUT2D eigenvalue weighted by Gasteiger charge is 2.18. The molecule has 0 aromatic heterocycles. The number of carbonyl (C=O) groups excluding carboxylic acids is 1. The van der Waals surface area contributed by atoms with Gasteiger partial charge in [0.05, 0.1) is 10.0 Å². The fourth-order valence-electron chi connectivity index (χ4n) is 3.65. The van der Waals surface area contributed by atoms with Crippen LogP contribution in [0.1, 0.15) is 34.8 Å². The normalized spacial score (nSPS) is 16.4. The maximum absolute atomic E-state index is 12.2. The molecule has 2 aromatic rings. The molecule has 1 amide bonds. The number of hydrogen-bond acceptors (Lipinski definition) is 3. The topological polar surface area (TPSA) is 35.6 Å². The summed E-state index contributed by atoms with van der Waals surface area (Å²) < 4.78 is 0. The predicted molar refractivity (Wildman–Crippen MR) is 125 cm³/mol. The van der Waals surface area contributed by atoms with Crippen molar-refractivity contribution >= 4 is 29.1 Å². The largest absolute Gasteiger partial charge is 0.352 e. The van der Waals surface area contributed by atoms with Crippen LogP contribution in [0.25, 0.3) is 0 Å². The SMILES string of the molecule is Cc1ccc(C(=O)NCC(C)CCN2CCN(Cc3ccc(Cl)c(Cl)c3)CC2)cc1. The van der Waals surface area contributed by atoms with Crippen molar-refractivity contribution in [1.29, 1.82) is 0 Å². The summed E-state index contributed by atoms with van der Waals surface area (Å²) in [5, 5.41) is 4.29. The van der Waals surface area contributed by atoms with Gasteiger partial charge in [-0.05, 0) is 55.6 Å². The van der Waals surface area contributed by atoms with Gasteiger partial charge < -0.3 is 10.2 Å². The van der Waals surface area contributed by atoms with Gasteiger partial charge in [-0.2, -0.15) is 0 Å². The Morgan fingerprint density at radius 1 is 1.00 bits per heavy atom. The number of hydrogen-bond donors (Lipinski definition) is 1. The van der Waals surface area contributed by atoms with Crippen molar-refractivity contribution in [1.82, 2.24) is 15.1 Å². The van der Waals surface area contributed by atoms with Crippen LogP contribution in [0.15, 0.2) is 42.5 Å². The second-order valence-electron chi connectivity index (χ2n) is 8.34. The van der Waals surface area contributed by atoms with Crippen molar-refractivity contribution in [3.05, 3.63) is 69.2 Å². The molecular formula is C24H31Cl2N3O. The van der Waals surface area contributed by atoms with Crippen LogP contribution in [-0.2, 0) is 6.54 Å². The molecule has 0 spiro atoms. The molecule has 1 saturated heterocycles. The Morgan fingerprint density at radius 3 is 2.33 bits per heavy atom. The van der Waals surface area contributed by atoms with E-state index in [0.717, 1.165) is 56.8 Å². The van der Waals surface area contributed by atoms with Crippen LogP contribution in [0.5, 0.6) is 0 Å². The minimum Gasteiger partial charge on any atom is -0.352 e. The van der Waals surface area contributed by atoms with Crippen LogP contribution in [0.2, 0.25) is 10.0 Å². The van der Waals surface area contributed by atoms with E-state index >= 15 is 0 Å². The highest BCUT2D eigenvalue weighted by molar-refractivity contribution is 6.42. The Bertz CT molecular complexity index is 833. The highest BCUT2D eigenvalue weighted by Crippen LogP contribution is 2.23. The van der Waals surface area contributed by atoms with Crippen LogP contribution in [0, 0.1) is 12.8 Å². The van der Waals surface area contributed by atoms with Gasteiger partial charge in [-0.3, -0.25) is 9.69 Å². The van der Waals surface area contributed by atoms with E-state index in [0.29, 0.717) is 22.5 Å². The van der Waals surface area contributed by atoms with Gasteiger partial charge in [0.15, 0.2) is 0 Å². The second-order valence-corrected chi connectivity index (χ2v) is 9.15. The molecule has 3 rings (SSSR count). The average molecular weight is 448 g/mol. The van der Waals surface area contributed by atoms with Crippen LogP contribution in [-0.4, -0.2) is 55.0 Å². The van der Waals surface area contributed by atoms with Gasteiger partial charge in [0, 0.05) is 44.8 Å². The average Bonchev–Trinajstić information content (AvgIpc) is 2.74. The molecule has 1 N–H and O–H groups in total. The summed E-state index contributed by atoms with van der Waals surface area (Å²) in [7, 11) is 0. The summed E-state index contributed by atoms with van der Waals surface area (Å²) in [5.74, 6) is 0.464. The molecule has 30 heavy (non-hydrogen) atoms. The number of benzene rings is 2. The zero-order valence-electron chi connectivity index (χ0n) is 17.8. The van der Waals surface area contributed by atoms with Crippen molar-refractivity contribution in [2.24, 2.45) is 5.92 Å². The Labute approximate surface area is 190 Å². The zero-order valence-corrected chi connectivity index (χ0v) is 19.3. The van der Waals surface area contributed by atoms with E-state index < -0.39 is 0 Å². The third kappa shape index (κ3) is 6.98. The van der Waals surface area contributed by atoms with E-state index in [4.69, 9.17) is 23.2 Å². The molecule has 6 heteroatoms. The first-order chi connectivity index (χ1) is 14.4. The van der Waals surface area contributed by atoms with E-state index in [1.807, 2.05) is 49.4 Å². The van der Waals surface area contributed by atoms with E-state index in [9.17, 15) is 4.79 Å². The summed E-state index contributed by atoms with van der Waals surface area (Å²) in [4.78, 5) is 17.2. The predicted octanol–water partition coefficient (Wildman–Crippen LogP) is 4.88. The number of rotatable bonds is 8. The van der Waals surface area contributed by atoms with E-state index in [-0.39, 0.29) is 5.91 Å². The number of nitrogens with zero attached hydrogens (tertiary/aromatic N) is 2. The monoisotopic (exact) mass is 447 g/mol. The molecule has 1 atom stereocenters. The van der Waals surface area contributed by atoms with Crippen molar-refractivity contribution < 1.29 is 4.79 Å². The van der Waals surface area contributed by atoms with E-state index in [1.54, 1.807) is 0 Å². The van der Waals surface area contributed by atoms with Gasteiger partial charge in [-0.1, -0.05) is 53.9 Å². The lowest BCUT2D eigenvalue weighted by Crippen LogP contribution is -2.46. The molecular weight excluding hydrogens is 417 g/mol. The van der Waals surface area contributed by atoms with Gasteiger partial charge in [0.25, 0.3) is 5.91 Å². The smallest absolute Gasteiger partial charge is 0.251 e. The Morgan fingerprint density at radius 2 is 1.67 bits per heavy atom. The highest BCUT2D eigenvalue weighted by atomic mass is 35.5. The lowest BCUT2D eigenvalue weighted by Gasteiger charge is -2.35. The van der Waals surface area contributed by atoms with Crippen molar-refractivity contribution in [2.45, 2.75) is 26.8 Å². The molecule has 1 aliphatic heterocycles. The fourth-order valence-corrected chi connectivity index (χ4v) is 3.97. The summed E-state index contributed by atoms with van der Waals surface area (Å²) in [5.41, 5.74) is 3.10. The molecule has 0 saturated carbocycles. The standard InChI is InChI=1S/C24H31Cl2N3O/c1-18-3-6-21(7-4-18)24(30)27-16-19(2)9-10-28-11-13-29(14-12-28)17-20-5-8-22(25)23(26)15-20/h3-8,15,19H,9-14,16-17H2,1-2H3,(H,27,30). The first-order valence-electron chi connectivity index (χ1n) is 10.6. The summed E-state index contributed by atoms with van der Waals surface area (Å²) in [6.45, 7) is 11.2. The third-order valence-corrected chi connectivity index (χ3v) is 6.46. The first kappa shape index (κ1) is 23.1. The van der Waals surface area contributed by atoms with Gasteiger partial charge in [0.2, 0.25) is 0 Å². The molecule has 1 heterocycles. The molecule has 0 aliphatic carbocycles. The molecule has 2 aromatic carbocycles. The molecule has 1 unspecified atom stereocenters. The Hall–Kier alpha value is -1.59. The molecule has 0 radical (unpaired) electrons. The quantitative estimate of drug-likeness (QED) is 0.626. The minimum atomic E-state index is 0.0118. The summed E-state index contributed by atoms with van der Waals surface area (Å²) in [6.07, 6.45) is 1.08. The summed E-state index contributed by atoms with van der Waals surface area (Å²) in [6, 6.07) is 13.6. The van der Waals surface area contributed by atoms with E-state index in [1.165, 1.54) is 5.56 Å². The number of carbonyl (C=O) groups is 1. The lowest BCUT2D eigenvalue weighted by atomic mass is 10.1. The Balaban J connectivity index is 1.33. The molecule has 1 aliphatic rings.